The van der Waals surface area contributed by atoms with E-state index in [4.69, 9.17) is 0 Å². The summed E-state index contributed by atoms with van der Waals surface area (Å²) in [4.78, 5) is 5.11. The van der Waals surface area contributed by atoms with Gasteiger partial charge in [0.2, 0.25) is 0 Å². The van der Waals surface area contributed by atoms with Crippen LogP contribution in [0.25, 0.3) is 63.6 Å². The number of nitrogens with zero attached hydrogens (tertiary/aromatic N) is 2. The summed E-state index contributed by atoms with van der Waals surface area (Å²) in [6.45, 7) is 6.72. The zero-order valence-electron chi connectivity index (χ0n) is 33.5. The van der Waals surface area contributed by atoms with Gasteiger partial charge in [-0.3, -0.25) is 0 Å². The summed E-state index contributed by atoms with van der Waals surface area (Å²) >= 11 is 3.86. The third-order valence-electron chi connectivity index (χ3n) is 13.0. The molecule has 13 rings (SSSR count). The smallest absolute Gasteiger partial charge is 0.256 e. The quantitative estimate of drug-likeness (QED) is 0.130. The molecule has 0 radical (unpaired) electrons. The van der Waals surface area contributed by atoms with Crippen LogP contribution in [0.5, 0.6) is 0 Å². The van der Waals surface area contributed by atoms with Crippen molar-refractivity contribution in [3.05, 3.63) is 187 Å². The van der Waals surface area contributed by atoms with Crippen LogP contribution in [0.2, 0.25) is 0 Å². The second kappa shape index (κ2) is 12.7. The van der Waals surface area contributed by atoms with Crippen molar-refractivity contribution >= 4 is 131 Å². The first-order chi connectivity index (χ1) is 29.5. The molecule has 0 aliphatic carbocycles. The van der Waals surface area contributed by atoms with Crippen LogP contribution >= 0.6 is 22.7 Å². The molecule has 5 heteroatoms. The summed E-state index contributed by atoms with van der Waals surface area (Å²) in [5.41, 5.74) is 15.4. The van der Waals surface area contributed by atoms with Crippen LogP contribution < -0.4 is 26.2 Å². The molecule has 2 aliphatic rings. The molecular weight excluding hydrogens is 764 g/mol. The molecule has 0 saturated carbocycles. The average Bonchev–Trinajstić information content (AvgIpc) is 3.85. The van der Waals surface area contributed by atoms with Gasteiger partial charge in [-0.1, -0.05) is 132 Å². The third kappa shape index (κ3) is 4.82. The number of aryl methyl sites for hydroxylation is 3. The summed E-state index contributed by atoms with van der Waals surface area (Å²) in [7, 11) is 0. The number of rotatable bonds is 3. The lowest BCUT2D eigenvalue weighted by Crippen LogP contribution is -2.60. The van der Waals surface area contributed by atoms with Gasteiger partial charge in [0.25, 0.3) is 6.71 Å². The molecular formula is C55H37BN2S2. The van der Waals surface area contributed by atoms with E-state index in [0.717, 1.165) is 0 Å². The highest BCUT2D eigenvalue weighted by Gasteiger charge is 2.46. The van der Waals surface area contributed by atoms with Gasteiger partial charge >= 0.3 is 0 Å². The minimum Gasteiger partial charge on any atom is -0.303 e. The van der Waals surface area contributed by atoms with E-state index in [2.05, 4.69) is 200 Å². The van der Waals surface area contributed by atoms with Crippen molar-refractivity contribution in [3.63, 3.8) is 0 Å². The molecule has 2 nitrogen and oxygen atoms in total. The maximum atomic E-state index is 2.56. The van der Waals surface area contributed by atoms with Gasteiger partial charge in [-0.05, 0) is 146 Å². The molecule has 0 unspecified atom stereocenters. The maximum absolute atomic E-state index is 2.56. The average molecular weight is 801 g/mol. The van der Waals surface area contributed by atoms with E-state index < -0.39 is 0 Å². The van der Waals surface area contributed by atoms with Gasteiger partial charge in [0.1, 0.15) is 0 Å². The molecule has 60 heavy (non-hydrogen) atoms. The Kier molecular flexibility index (Phi) is 7.23. The fourth-order valence-corrected chi connectivity index (χ4v) is 12.8. The number of fused-ring (bicyclic) bond motifs is 14. The highest BCUT2D eigenvalue weighted by atomic mass is 32.1. The molecule has 282 valence electrons. The Labute approximate surface area is 357 Å². The lowest BCUT2D eigenvalue weighted by Gasteiger charge is -2.42. The Morgan fingerprint density at radius 3 is 1.33 bits per heavy atom. The Hall–Kier alpha value is -6.66. The molecule has 2 aromatic heterocycles. The largest absolute Gasteiger partial charge is 0.303 e. The highest BCUT2D eigenvalue weighted by molar-refractivity contribution is 7.29. The van der Waals surface area contributed by atoms with Gasteiger partial charge in [0, 0.05) is 32.1 Å². The molecule has 11 aromatic rings. The SMILES string of the molecule is Cc1ccc(N2c3cccc4c3B(c3c2sc2ccc(C)cc32)c2c(sc3ccc(C)cc23)N4c2ccc(-c3ccc4c5ccccc5c5ccccc5c4c3)cc2)cc1. The van der Waals surface area contributed by atoms with Crippen LogP contribution in [0, 0.1) is 20.8 Å². The van der Waals surface area contributed by atoms with Crippen molar-refractivity contribution in [1.29, 1.82) is 0 Å². The monoisotopic (exact) mass is 800 g/mol. The van der Waals surface area contributed by atoms with Gasteiger partial charge in [-0.25, -0.2) is 0 Å². The molecule has 0 spiro atoms. The number of anilines is 6. The van der Waals surface area contributed by atoms with Crippen LogP contribution in [0.4, 0.5) is 32.8 Å². The topological polar surface area (TPSA) is 6.48 Å². The molecule has 4 heterocycles. The van der Waals surface area contributed by atoms with E-state index in [1.807, 2.05) is 22.7 Å². The Balaban J connectivity index is 1.03. The fraction of sp³-hybridized carbons (Fsp3) is 0.0545. The number of hydrogen-bond acceptors (Lipinski definition) is 4. The van der Waals surface area contributed by atoms with E-state index in [0.29, 0.717) is 0 Å². The van der Waals surface area contributed by atoms with Gasteiger partial charge in [-0.2, -0.15) is 0 Å². The van der Waals surface area contributed by atoms with Crippen LogP contribution in [0.1, 0.15) is 16.7 Å². The highest BCUT2D eigenvalue weighted by Crippen LogP contribution is 2.50. The molecule has 0 N–H and O–H groups in total. The first-order valence-electron chi connectivity index (χ1n) is 20.8. The second-order valence-corrected chi connectivity index (χ2v) is 18.8. The van der Waals surface area contributed by atoms with Crippen molar-refractivity contribution in [2.45, 2.75) is 20.8 Å². The van der Waals surface area contributed by atoms with Crippen molar-refractivity contribution in [2.24, 2.45) is 0 Å². The first-order valence-corrected chi connectivity index (χ1v) is 22.4. The summed E-state index contributed by atoms with van der Waals surface area (Å²) in [5, 5.41) is 13.2. The van der Waals surface area contributed by atoms with Gasteiger partial charge < -0.3 is 9.80 Å². The van der Waals surface area contributed by atoms with Crippen molar-refractivity contribution < 1.29 is 0 Å². The normalized spacial score (nSPS) is 13.2. The summed E-state index contributed by atoms with van der Waals surface area (Å²) < 4.78 is 2.66. The lowest BCUT2D eigenvalue weighted by atomic mass is 9.33. The molecule has 0 amide bonds. The van der Waals surface area contributed by atoms with E-state index >= 15 is 0 Å². The third-order valence-corrected chi connectivity index (χ3v) is 15.4. The molecule has 0 fully saturated rings. The van der Waals surface area contributed by atoms with Gasteiger partial charge in [0.05, 0.1) is 10.0 Å². The van der Waals surface area contributed by atoms with Gasteiger partial charge in [-0.15, -0.1) is 22.7 Å². The van der Waals surface area contributed by atoms with Crippen LogP contribution in [-0.4, -0.2) is 6.71 Å². The summed E-state index contributed by atoms with van der Waals surface area (Å²) in [5.74, 6) is 0. The molecule has 2 aliphatic heterocycles. The zero-order valence-corrected chi connectivity index (χ0v) is 35.1. The Bertz CT molecular complexity index is 3560. The first kappa shape index (κ1) is 34.2. The number of thiophene rings is 2. The van der Waals surface area contributed by atoms with E-state index in [1.165, 1.54) is 129 Å². The van der Waals surface area contributed by atoms with Crippen LogP contribution in [-0.2, 0) is 0 Å². The summed E-state index contributed by atoms with van der Waals surface area (Å²) in [6, 6.07) is 64.1. The zero-order chi connectivity index (χ0) is 39.8. The predicted molar refractivity (Wildman–Crippen MR) is 263 cm³/mol. The maximum Gasteiger partial charge on any atom is 0.256 e. The molecule has 0 bridgehead atoms. The van der Waals surface area contributed by atoms with Gasteiger partial charge in [0.15, 0.2) is 0 Å². The number of benzene rings is 9. The van der Waals surface area contributed by atoms with E-state index in [-0.39, 0.29) is 6.71 Å². The molecule has 0 saturated heterocycles. The van der Waals surface area contributed by atoms with Crippen LogP contribution in [0.3, 0.4) is 0 Å². The Morgan fingerprint density at radius 2 is 0.800 bits per heavy atom. The van der Waals surface area contributed by atoms with Crippen LogP contribution in [0.15, 0.2) is 170 Å². The van der Waals surface area contributed by atoms with E-state index in [9.17, 15) is 0 Å². The van der Waals surface area contributed by atoms with Crippen molar-refractivity contribution in [2.75, 3.05) is 9.80 Å². The van der Waals surface area contributed by atoms with E-state index in [1.54, 1.807) is 0 Å². The minimum absolute atomic E-state index is 0.0908. The lowest BCUT2D eigenvalue weighted by molar-refractivity contribution is 1.28. The summed E-state index contributed by atoms with van der Waals surface area (Å²) in [6.07, 6.45) is 0. The molecule has 9 aromatic carbocycles. The van der Waals surface area contributed by atoms with Crippen molar-refractivity contribution in [1.82, 2.24) is 0 Å². The number of hydrogen-bond donors (Lipinski definition) is 0. The predicted octanol–water partition coefficient (Wildman–Crippen LogP) is 14.3. The Morgan fingerprint density at radius 1 is 0.350 bits per heavy atom. The standard InChI is InChI=1S/C55H37BN2S2/c1-32-15-22-37(23-16-32)57-47-13-8-14-48-53(47)56(51-45-29-33(2)17-27-49(45)59-54(51)57)52-46-30-34(3)18-28-50(46)60-55(52)58(48)38-24-19-35(20-25-38)36-21-26-43-41-11-5-4-9-39(41)40-10-6-7-12-42(40)44(43)31-36/h4-31H,1-3H3. The fourth-order valence-electron chi connectivity index (χ4n) is 10.3. The molecule has 0 atom stereocenters. The minimum atomic E-state index is 0.0908. The second-order valence-electron chi connectivity index (χ2n) is 16.7. The van der Waals surface area contributed by atoms with Crippen molar-refractivity contribution in [3.8, 4) is 11.1 Å².